The predicted octanol–water partition coefficient (Wildman–Crippen LogP) is 2.06. The Labute approximate surface area is 135 Å². The van der Waals surface area contributed by atoms with Gasteiger partial charge in [0, 0.05) is 18.2 Å². The van der Waals surface area contributed by atoms with Crippen LogP contribution in [-0.2, 0) is 16.6 Å². The van der Waals surface area contributed by atoms with E-state index in [-0.39, 0.29) is 16.8 Å². The average Bonchev–Trinajstić information content (AvgIpc) is 3.37. The molecule has 0 spiro atoms. The van der Waals surface area contributed by atoms with Crippen LogP contribution in [0.4, 0.5) is 0 Å². The molecule has 0 aliphatic heterocycles. The highest BCUT2D eigenvalue weighted by atomic mass is 32.2. The topological polar surface area (TPSA) is 75.3 Å². The van der Waals surface area contributed by atoms with Gasteiger partial charge in [-0.1, -0.05) is 30.3 Å². The van der Waals surface area contributed by atoms with Gasteiger partial charge in [0.25, 0.3) is 5.91 Å². The van der Waals surface area contributed by atoms with Crippen LogP contribution in [0.5, 0.6) is 0 Å². The summed E-state index contributed by atoms with van der Waals surface area (Å²) in [6, 6.07) is 15.6. The lowest BCUT2D eigenvalue weighted by atomic mass is 10.2. The molecule has 5 nitrogen and oxygen atoms in total. The number of rotatable bonds is 6. The first-order valence-corrected chi connectivity index (χ1v) is 8.97. The lowest BCUT2D eigenvalue weighted by molar-refractivity contribution is 0.0951. The summed E-state index contributed by atoms with van der Waals surface area (Å²) in [6.07, 6.45) is 1.81. The van der Waals surface area contributed by atoms with Crippen molar-refractivity contribution < 1.29 is 13.2 Å². The number of carbonyl (C=O) groups is 1. The molecule has 3 rings (SSSR count). The van der Waals surface area contributed by atoms with Gasteiger partial charge in [-0.15, -0.1) is 0 Å². The summed E-state index contributed by atoms with van der Waals surface area (Å²) in [4.78, 5) is 12.2. The second kappa shape index (κ2) is 6.52. The van der Waals surface area contributed by atoms with E-state index in [2.05, 4.69) is 10.0 Å². The molecule has 0 heterocycles. The van der Waals surface area contributed by atoms with Gasteiger partial charge >= 0.3 is 0 Å². The molecule has 0 atom stereocenters. The van der Waals surface area contributed by atoms with Crippen molar-refractivity contribution >= 4 is 15.9 Å². The summed E-state index contributed by atoms with van der Waals surface area (Å²) in [5, 5.41) is 2.81. The van der Waals surface area contributed by atoms with Gasteiger partial charge in [-0.3, -0.25) is 4.79 Å². The molecule has 2 N–H and O–H groups in total. The summed E-state index contributed by atoms with van der Waals surface area (Å²) >= 11 is 0. The van der Waals surface area contributed by atoms with Crippen LogP contribution in [0.15, 0.2) is 59.5 Å². The average molecular weight is 330 g/mol. The van der Waals surface area contributed by atoms with Crippen LogP contribution in [0.25, 0.3) is 0 Å². The Bertz CT molecular complexity index is 782. The Hall–Kier alpha value is -2.18. The van der Waals surface area contributed by atoms with Crippen molar-refractivity contribution in [1.82, 2.24) is 10.0 Å². The number of benzene rings is 2. The van der Waals surface area contributed by atoms with Crippen LogP contribution in [0.1, 0.15) is 28.8 Å². The molecular formula is C17H18N2O3S. The Kier molecular flexibility index (Phi) is 4.45. The van der Waals surface area contributed by atoms with Crippen molar-refractivity contribution in [2.45, 2.75) is 30.3 Å². The van der Waals surface area contributed by atoms with Gasteiger partial charge in [0.05, 0.1) is 4.90 Å². The fraction of sp³-hybridized carbons (Fsp3) is 0.235. The van der Waals surface area contributed by atoms with Crippen LogP contribution >= 0.6 is 0 Å². The lowest BCUT2D eigenvalue weighted by Gasteiger charge is -2.08. The number of nitrogens with one attached hydrogen (secondary N) is 2. The first kappa shape index (κ1) is 15.7. The first-order valence-electron chi connectivity index (χ1n) is 7.49. The molecule has 0 unspecified atom stereocenters. The van der Waals surface area contributed by atoms with Gasteiger partial charge in [0.2, 0.25) is 10.0 Å². The van der Waals surface area contributed by atoms with Gasteiger partial charge in [-0.25, -0.2) is 13.1 Å². The zero-order chi connectivity index (χ0) is 16.3. The zero-order valence-corrected chi connectivity index (χ0v) is 13.3. The summed E-state index contributed by atoms with van der Waals surface area (Å²) in [5.74, 6) is -0.155. The maximum atomic E-state index is 12.1. The van der Waals surface area contributed by atoms with E-state index in [1.807, 2.05) is 6.07 Å². The molecule has 6 heteroatoms. The summed E-state index contributed by atoms with van der Waals surface area (Å²) in [6.45, 7) is 0.351. The van der Waals surface area contributed by atoms with Crippen molar-refractivity contribution in [3.63, 3.8) is 0 Å². The number of hydrogen-bond acceptors (Lipinski definition) is 3. The third-order valence-electron chi connectivity index (χ3n) is 3.62. The second-order valence-corrected chi connectivity index (χ2v) is 7.30. The third kappa shape index (κ3) is 4.18. The van der Waals surface area contributed by atoms with E-state index in [1.54, 1.807) is 48.5 Å². The lowest BCUT2D eigenvalue weighted by Crippen LogP contribution is -2.26. The monoisotopic (exact) mass is 330 g/mol. The fourth-order valence-corrected chi connectivity index (χ4v) is 3.45. The van der Waals surface area contributed by atoms with E-state index in [4.69, 9.17) is 0 Å². The van der Waals surface area contributed by atoms with Crippen molar-refractivity contribution in [3.05, 3.63) is 65.7 Å². The van der Waals surface area contributed by atoms with Crippen LogP contribution in [0.2, 0.25) is 0 Å². The van der Waals surface area contributed by atoms with Gasteiger partial charge in [0.15, 0.2) is 0 Å². The van der Waals surface area contributed by atoms with Crippen molar-refractivity contribution in [3.8, 4) is 0 Å². The molecule has 0 saturated heterocycles. The summed E-state index contributed by atoms with van der Waals surface area (Å²) in [5.41, 5.74) is 1.44. The highest BCUT2D eigenvalue weighted by molar-refractivity contribution is 7.89. The van der Waals surface area contributed by atoms with Crippen LogP contribution in [0.3, 0.4) is 0 Å². The highest BCUT2D eigenvalue weighted by Crippen LogP contribution is 2.22. The summed E-state index contributed by atoms with van der Waals surface area (Å²) in [7, 11) is -3.43. The largest absolute Gasteiger partial charge is 0.348 e. The van der Waals surface area contributed by atoms with Gasteiger partial charge in [0.1, 0.15) is 0 Å². The minimum Gasteiger partial charge on any atom is -0.348 e. The van der Waals surface area contributed by atoms with Crippen molar-refractivity contribution in [1.29, 1.82) is 0 Å². The van der Waals surface area contributed by atoms with Crippen LogP contribution in [-0.4, -0.2) is 20.4 Å². The molecule has 1 saturated carbocycles. The minimum atomic E-state index is -3.43. The molecule has 0 bridgehead atoms. The van der Waals surface area contributed by atoms with Crippen molar-refractivity contribution in [2.24, 2.45) is 0 Å². The molecule has 0 aromatic heterocycles. The van der Waals surface area contributed by atoms with E-state index in [0.29, 0.717) is 12.1 Å². The molecule has 2 aromatic rings. The van der Waals surface area contributed by atoms with E-state index < -0.39 is 10.0 Å². The predicted molar refractivity (Wildman–Crippen MR) is 87.4 cm³/mol. The SMILES string of the molecule is O=C(NCc1ccc(S(=O)(=O)NC2CC2)cc1)c1ccccc1. The molecule has 1 amide bonds. The zero-order valence-electron chi connectivity index (χ0n) is 12.5. The van der Waals surface area contributed by atoms with Crippen molar-refractivity contribution in [2.75, 3.05) is 0 Å². The van der Waals surface area contributed by atoms with E-state index in [0.717, 1.165) is 18.4 Å². The molecular weight excluding hydrogens is 312 g/mol. The maximum Gasteiger partial charge on any atom is 0.251 e. The van der Waals surface area contributed by atoms with Gasteiger partial charge in [-0.05, 0) is 42.7 Å². The van der Waals surface area contributed by atoms with E-state index in [1.165, 1.54) is 0 Å². The summed E-state index contributed by atoms with van der Waals surface area (Å²) < 4.78 is 26.8. The Morgan fingerprint density at radius 1 is 1.00 bits per heavy atom. The number of amides is 1. The molecule has 1 aliphatic rings. The smallest absolute Gasteiger partial charge is 0.251 e. The first-order chi connectivity index (χ1) is 11.0. The molecule has 120 valence electrons. The Morgan fingerprint density at radius 3 is 2.26 bits per heavy atom. The number of carbonyl (C=O) groups excluding carboxylic acids is 1. The van der Waals surface area contributed by atoms with Gasteiger partial charge in [-0.2, -0.15) is 0 Å². The van der Waals surface area contributed by atoms with E-state index >= 15 is 0 Å². The highest BCUT2D eigenvalue weighted by Gasteiger charge is 2.27. The molecule has 0 radical (unpaired) electrons. The maximum absolute atomic E-state index is 12.1. The van der Waals surface area contributed by atoms with E-state index in [9.17, 15) is 13.2 Å². The van der Waals surface area contributed by atoms with Crippen LogP contribution in [0, 0.1) is 0 Å². The number of sulfonamides is 1. The standard InChI is InChI=1S/C17H18N2O3S/c20-17(14-4-2-1-3-5-14)18-12-13-6-10-16(11-7-13)23(21,22)19-15-8-9-15/h1-7,10-11,15,19H,8-9,12H2,(H,18,20). The second-order valence-electron chi connectivity index (χ2n) is 5.59. The Balaban J connectivity index is 1.60. The van der Waals surface area contributed by atoms with Crippen LogP contribution < -0.4 is 10.0 Å². The number of hydrogen-bond donors (Lipinski definition) is 2. The fourth-order valence-electron chi connectivity index (χ4n) is 2.15. The Morgan fingerprint density at radius 2 is 1.65 bits per heavy atom. The minimum absolute atomic E-state index is 0.0878. The quantitative estimate of drug-likeness (QED) is 0.851. The molecule has 2 aromatic carbocycles. The molecule has 23 heavy (non-hydrogen) atoms. The molecule has 1 aliphatic carbocycles. The third-order valence-corrected chi connectivity index (χ3v) is 5.16. The normalized spacial score (nSPS) is 14.4. The van der Waals surface area contributed by atoms with Gasteiger partial charge < -0.3 is 5.32 Å². The molecule has 1 fully saturated rings.